The van der Waals surface area contributed by atoms with Crippen molar-refractivity contribution in [2.24, 2.45) is 0 Å². The van der Waals surface area contributed by atoms with E-state index in [2.05, 4.69) is 0 Å². The van der Waals surface area contributed by atoms with Gasteiger partial charge in [0.2, 0.25) is 0 Å². The van der Waals surface area contributed by atoms with E-state index in [0.717, 1.165) is 11.6 Å². The van der Waals surface area contributed by atoms with Crippen LogP contribution in [0.15, 0.2) is 36.4 Å². The molecule has 3 nitrogen and oxygen atoms in total. The highest BCUT2D eigenvalue weighted by atomic mass is 35.5. The molecule has 2 aromatic carbocycles. The first-order chi connectivity index (χ1) is 9.49. The van der Waals surface area contributed by atoms with Gasteiger partial charge in [-0.2, -0.15) is 0 Å². The standard InChI is InChI=1S/C15H12ClFO3/c1-9-5-6-10(11(16)7-9)8-20-13-4-2-3-12(17)14(13)15(18)19/h2-7H,8H2,1H3,(H,18,19). The SMILES string of the molecule is Cc1ccc(COc2cccc(F)c2C(=O)O)c(Cl)c1. The van der Waals surface area contributed by atoms with Crippen LogP contribution in [-0.2, 0) is 6.61 Å². The molecule has 2 rings (SSSR count). The average Bonchev–Trinajstić information content (AvgIpc) is 2.37. The second-order valence-electron chi connectivity index (χ2n) is 4.30. The predicted molar refractivity (Wildman–Crippen MR) is 73.9 cm³/mol. The Labute approximate surface area is 120 Å². The highest BCUT2D eigenvalue weighted by molar-refractivity contribution is 6.31. The third kappa shape index (κ3) is 3.08. The molecule has 0 atom stereocenters. The number of hydrogen-bond donors (Lipinski definition) is 1. The number of benzene rings is 2. The molecule has 0 saturated carbocycles. The number of rotatable bonds is 4. The van der Waals surface area contributed by atoms with Crippen molar-refractivity contribution in [3.05, 3.63) is 63.9 Å². The van der Waals surface area contributed by atoms with Crippen molar-refractivity contribution in [2.75, 3.05) is 0 Å². The van der Waals surface area contributed by atoms with E-state index < -0.39 is 17.3 Å². The fourth-order valence-electron chi connectivity index (χ4n) is 1.76. The molecule has 5 heteroatoms. The van der Waals surface area contributed by atoms with E-state index in [1.807, 2.05) is 13.0 Å². The molecule has 20 heavy (non-hydrogen) atoms. The predicted octanol–water partition coefficient (Wildman–Crippen LogP) is 4.06. The van der Waals surface area contributed by atoms with Gasteiger partial charge >= 0.3 is 5.97 Å². The Kier molecular flexibility index (Phi) is 4.25. The van der Waals surface area contributed by atoms with Crippen LogP contribution in [0.2, 0.25) is 5.02 Å². The van der Waals surface area contributed by atoms with Gasteiger partial charge in [0, 0.05) is 10.6 Å². The van der Waals surface area contributed by atoms with E-state index in [1.54, 1.807) is 12.1 Å². The Balaban J connectivity index is 2.23. The Bertz CT molecular complexity index is 656. The molecule has 0 heterocycles. The van der Waals surface area contributed by atoms with Crippen molar-refractivity contribution in [3.8, 4) is 5.75 Å². The lowest BCUT2D eigenvalue weighted by Gasteiger charge is -2.11. The van der Waals surface area contributed by atoms with Gasteiger partial charge in [0.1, 0.15) is 23.7 Å². The molecule has 0 unspecified atom stereocenters. The second kappa shape index (κ2) is 5.92. The molecule has 0 amide bonds. The van der Waals surface area contributed by atoms with Crippen LogP contribution in [0.3, 0.4) is 0 Å². The number of carboxylic acid groups (broad SMARTS) is 1. The quantitative estimate of drug-likeness (QED) is 0.925. The highest BCUT2D eigenvalue weighted by Crippen LogP contribution is 2.24. The molecule has 0 aliphatic heterocycles. The number of ether oxygens (including phenoxy) is 1. The first kappa shape index (κ1) is 14.3. The molecule has 0 radical (unpaired) electrons. The molecule has 0 spiro atoms. The average molecular weight is 295 g/mol. The second-order valence-corrected chi connectivity index (χ2v) is 4.71. The number of aromatic carboxylic acids is 1. The van der Waals surface area contributed by atoms with Gasteiger partial charge < -0.3 is 9.84 Å². The molecule has 0 aliphatic carbocycles. The fraction of sp³-hybridized carbons (Fsp3) is 0.133. The van der Waals surface area contributed by atoms with Crippen LogP contribution in [0.5, 0.6) is 5.75 Å². The minimum Gasteiger partial charge on any atom is -0.488 e. The summed E-state index contributed by atoms with van der Waals surface area (Å²) >= 11 is 6.06. The van der Waals surface area contributed by atoms with Gasteiger partial charge in [-0.3, -0.25) is 0 Å². The summed E-state index contributed by atoms with van der Waals surface area (Å²) in [5.74, 6) is -2.22. The number of halogens is 2. The van der Waals surface area contributed by atoms with Crippen LogP contribution >= 0.6 is 11.6 Å². The third-order valence-corrected chi connectivity index (χ3v) is 3.13. The summed E-state index contributed by atoms with van der Waals surface area (Å²) in [5.41, 5.74) is 1.24. The minimum atomic E-state index is -1.37. The van der Waals surface area contributed by atoms with Crippen LogP contribution in [0.1, 0.15) is 21.5 Å². The van der Waals surface area contributed by atoms with Crippen molar-refractivity contribution in [1.82, 2.24) is 0 Å². The molecule has 0 saturated heterocycles. The number of carboxylic acids is 1. The fourth-order valence-corrected chi connectivity index (χ4v) is 2.05. The molecule has 2 aromatic rings. The van der Waals surface area contributed by atoms with Crippen LogP contribution in [0.4, 0.5) is 4.39 Å². The van der Waals surface area contributed by atoms with E-state index in [9.17, 15) is 9.18 Å². The van der Waals surface area contributed by atoms with Crippen molar-refractivity contribution < 1.29 is 19.0 Å². The molecular weight excluding hydrogens is 283 g/mol. The first-order valence-electron chi connectivity index (χ1n) is 5.88. The summed E-state index contributed by atoms with van der Waals surface area (Å²) in [5, 5.41) is 9.51. The van der Waals surface area contributed by atoms with Crippen molar-refractivity contribution >= 4 is 17.6 Å². The number of aryl methyl sites for hydroxylation is 1. The lowest BCUT2D eigenvalue weighted by atomic mass is 10.1. The zero-order chi connectivity index (χ0) is 14.7. The normalized spacial score (nSPS) is 10.3. The van der Waals surface area contributed by atoms with Crippen molar-refractivity contribution in [2.45, 2.75) is 13.5 Å². The Hall–Kier alpha value is -2.07. The molecule has 0 bridgehead atoms. The highest BCUT2D eigenvalue weighted by Gasteiger charge is 2.17. The minimum absolute atomic E-state index is 0.0193. The molecule has 104 valence electrons. The largest absolute Gasteiger partial charge is 0.488 e. The third-order valence-electron chi connectivity index (χ3n) is 2.78. The first-order valence-corrected chi connectivity index (χ1v) is 6.26. The summed E-state index contributed by atoms with van der Waals surface area (Å²) in [7, 11) is 0. The van der Waals surface area contributed by atoms with Gasteiger partial charge in [0.05, 0.1) is 0 Å². The molecule has 1 N–H and O–H groups in total. The van der Waals surface area contributed by atoms with E-state index in [0.29, 0.717) is 10.6 Å². The summed E-state index contributed by atoms with van der Waals surface area (Å²) in [6.45, 7) is 1.98. The zero-order valence-electron chi connectivity index (χ0n) is 10.7. The molecule has 0 fully saturated rings. The summed E-state index contributed by atoms with van der Waals surface area (Å²) in [6, 6.07) is 9.33. The van der Waals surface area contributed by atoms with Crippen LogP contribution in [0.25, 0.3) is 0 Å². The van der Waals surface area contributed by atoms with Crippen LogP contribution in [-0.4, -0.2) is 11.1 Å². The maximum absolute atomic E-state index is 13.5. The van der Waals surface area contributed by atoms with E-state index in [4.69, 9.17) is 21.4 Å². The van der Waals surface area contributed by atoms with Crippen LogP contribution < -0.4 is 4.74 Å². The zero-order valence-corrected chi connectivity index (χ0v) is 11.4. The summed E-state index contributed by atoms with van der Waals surface area (Å²) in [4.78, 5) is 11.0. The van der Waals surface area contributed by atoms with E-state index in [1.165, 1.54) is 12.1 Å². The van der Waals surface area contributed by atoms with Gasteiger partial charge in [-0.05, 0) is 30.7 Å². The summed E-state index contributed by atoms with van der Waals surface area (Å²) < 4.78 is 18.9. The number of hydrogen-bond acceptors (Lipinski definition) is 2. The monoisotopic (exact) mass is 294 g/mol. The summed E-state index contributed by atoms with van der Waals surface area (Å²) in [6.07, 6.45) is 0. The smallest absolute Gasteiger partial charge is 0.342 e. The van der Waals surface area contributed by atoms with Crippen molar-refractivity contribution in [3.63, 3.8) is 0 Å². The Morgan fingerprint density at radius 3 is 2.75 bits per heavy atom. The Morgan fingerprint density at radius 2 is 2.10 bits per heavy atom. The molecule has 0 aromatic heterocycles. The van der Waals surface area contributed by atoms with Crippen molar-refractivity contribution in [1.29, 1.82) is 0 Å². The van der Waals surface area contributed by atoms with Gasteiger partial charge in [0.25, 0.3) is 0 Å². The molecular formula is C15H12ClFO3. The van der Waals surface area contributed by atoms with Gasteiger partial charge in [-0.1, -0.05) is 29.8 Å². The van der Waals surface area contributed by atoms with Gasteiger partial charge in [-0.15, -0.1) is 0 Å². The Morgan fingerprint density at radius 1 is 1.35 bits per heavy atom. The maximum atomic E-state index is 13.5. The lowest BCUT2D eigenvalue weighted by molar-refractivity contribution is 0.0686. The van der Waals surface area contributed by atoms with Crippen LogP contribution in [0, 0.1) is 12.7 Å². The van der Waals surface area contributed by atoms with Gasteiger partial charge in [0.15, 0.2) is 0 Å². The number of carbonyl (C=O) groups is 1. The topological polar surface area (TPSA) is 46.5 Å². The van der Waals surface area contributed by atoms with E-state index >= 15 is 0 Å². The van der Waals surface area contributed by atoms with Gasteiger partial charge in [-0.25, -0.2) is 9.18 Å². The van der Waals surface area contributed by atoms with E-state index in [-0.39, 0.29) is 12.4 Å². The lowest BCUT2D eigenvalue weighted by Crippen LogP contribution is -2.06. The molecule has 0 aliphatic rings. The maximum Gasteiger partial charge on any atom is 0.342 e.